The lowest BCUT2D eigenvalue weighted by Gasteiger charge is -2.09. The van der Waals surface area contributed by atoms with Crippen LogP contribution in [0.1, 0.15) is 23.1 Å². The lowest BCUT2D eigenvalue weighted by molar-refractivity contribution is -0.676. The van der Waals surface area contributed by atoms with Crippen LogP contribution >= 0.6 is 11.6 Å². The molecule has 1 aliphatic heterocycles. The summed E-state index contributed by atoms with van der Waals surface area (Å²) in [5.74, 6) is 0. The fourth-order valence-corrected chi connectivity index (χ4v) is 2.92. The number of rotatable bonds is 5. The van der Waals surface area contributed by atoms with Gasteiger partial charge in [0.2, 0.25) is 0 Å². The zero-order valence-electron chi connectivity index (χ0n) is 13.3. The second-order valence-corrected chi connectivity index (χ2v) is 6.28. The minimum Gasteiger partial charge on any atom is -0.386 e. The molecule has 1 atom stereocenters. The average Bonchev–Trinajstić information content (AvgIpc) is 3.03. The molecule has 0 amide bonds. The molecule has 0 spiro atoms. The summed E-state index contributed by atoms with van der Waals surface area (Å²) in [6.45, 7) is 1.25. The fraction of sp³-hybridized carbons (Fsp3) is 0.278. The summed E-state index contributed by atoms with van der Waals surface area (Å²) in [6, 6.07) is 12.7. The first kappa shape index (κ1) is 17.8. The van der Waals surface area contributed by atoms with E-state index in [0.29, 0.717) is 24.5 Å². The Hall–Kier alpha value is -2.05. The van der Waals surface area contributed by atoms with Gasteiger partial charge in [0.1, 0.15) is 13.1 Å². The molecule has 0 saturated heterocycles. The van der Waals surface area contributed by atoms with Crippen molar-refractivity contribution in [1.29, 1.82) is 0 Å². The van der Waals surface area contributed by atoms with Crippen LogP contribution in [0.15, 0.2) is 53.7 Å². The number of oxime groups is 1. The smallest absolute Gasteiger partial charge is 0.386 e. The van der Waals surface area contributed by atoms with E-state index in [9.17, 15) is 13.2 Å². The monoisotopic (exact) mass is 369 g/mol. The van der Waals surface area contributed by atoms with E-state index in [2.05, 4.69) is 5.16 Å². The van der Waals surface area contributed by atoms with E-state index in [1.165, 1.54) is 12.1 Å². The van der Waals surface area contributed by atoms with Crippen molar-refractivity contribution in [3.8, 4) is 0 Å². The molecule has 7 heteroatoms. The maximum atomic E-state index is 12.5. The van der Waals surface area contributed by atoms with Gasteiger partial charge in [-0.2, -0.15) is 13.2 Å². The first-order valence-corrected chi connectivity index (χ1v) is 8.26. The van der Waals surface area contributed by atoms with Gasteiger partial charge in [0, 0.05) is 22.6 Å². The summed E-state index contributed by atoms with van der Waals surface area (Å²) in [7, 11) is 0. The number of halogens is 4. The van der Waals surface area contributed by atoms with Crippen molar-refractivity contribution < 1.29 is 23.3 Å². The van der Waals surface area contributed by atoms with Gasteiger partial charge in [0.25, 0.3) is 0 Å². The van der Waals surface area contributed by atoms with E-state index in [4.69, 9.17) is 16.4 Å². The Morgan fingerprint density at radius 3 is 2.52 bits per heavy atom. The molecule has 2 N–H and O–H groups in total. The summed E-state index contributed by atoms with van der Waals surface area (Å²) < 4.78 is 37.6. The number of benzene rings is 2. The summed E-state index contributed by atoms with van der Waals surface area (Å²) in [5, 5.41) is 6.74. The molecule has 2 aromatic carbocycles. The third-order valence-electron chi connectivity index (χ3n) is 4.01. The van der Waals surface area contributed by atoms with Crippen LogP contribution in [-0.2, 0) is 17.6 Å². The van der Waals surface area contributed by atoms with E-state index in [-0.39, 0.29) is 6.10 Å². The Labute approximate surface area is 148 Å². The Balaban J connectivity index is 1.47. The largest absolute Gasteiger partial charge is 0.416 e. The maximum Gasteiger partial charge on any atom is 0.416 e. The predicted octanol–water partition coefficient (Wildman–Crippen LogP) is 3.62. The van der Waals surface area contributed by atoms with Crippen LogP contribution in [0.4, 0.5) is 13.2 Å². The summed E-state index contributed by atoms with van der Waals surface area (Å²) in [4.78, 5) is 5.43. The van der Waals surface area contributed by atoms with Crippen molar-refractivity contribution in [3.05, 3.63) is 70.2 Å². The van der Waals surface area contributed by atoms with Crippen molar-refractivity contribution in [3.63, 3.8) is 0 Å². The molecule has 0 fully saturated rings. The third-order valence-corrected chi connectivity index (χ3v) is 4.34. The molecule has 0 bridgehead atoms. The topological polar surface area (TPSA) is 38.2 Å². The van der Waals surface area contributed by atoms with E-state index in [1.54, 1.807) is 0 Å². The van der Waals surface area contributed by atoms with Crippen LogP contribution in [-0.4, -0.2) is 18.4 Å². The molecule has 25 heavy (non-hydrogen) atoms. The molecule has 1 aliphatic rings. The van der Waals surface area contributed by atoms with Gasteiger partial charge in [-0.15, -0.1) is 0 Å². The second-order valence-electron chi connectivity index (χ2n) is 5.87. The molecule has 0 saturated carbocycles. The molecule has 1 heterocycles. The Morgan fingerprint density at radius 2 is 1.84 bits per heavy atom. The molecule has 0 unspecified atom stereocenters. The molecule has 3 nitrogen and oxygen atoms in total. The fourth-order valence-electron chi connectivity index (χ4n) is 2.67. The second kappa shape index (κ2) is 7.45. The highest BCUT2D eigenvalue weighted by Gasteiger charge is 2.30. The molecule has 0 radical (unpaired) electrons. The molecule has 0 aromatic heterocycles. The van der Waals surface area contributed by atoms with Crippen molar-refractivity contribution in [2.75, 3.05) is 6.54 Å². The van der Waals surface area contributed by atoms with Crippen molar-refractivity contribution in [2.24, 2.45) is 5.16 Å². The Bertz CT molecular complexity index is 760. The highest BCUT2D eigenvalue weighted by atomic mass is 35.5. The number of hydrogen-bond donors (Lipinski definition) is 1. The van der Waals surface area contributed by atoms with Gasteiger partial charge in [-0.05, 0) is 18.2 Å². The number of nitrogens with two attached hydrogens (primary N) is 1. The zero-order valence-corrected chi connectivity index (χ0v) is 14.0. The Morgan fingerprint density at radius 1 is 1.12 bits per heavy atom. The number of alkyl halides is 3. The van der Waals surface area contributed by atoms with Gasteiger partial charge < -0.3 is 10.2 Å². The normalized spacial score (nSPS) is 17.3. The van der Waals surface area contributed by atoms with E-state index >= 15 is 0 Å². The van der Waals surface area contributed by atoms with Crippen molar-refractivity contribution >= 4 is 17.3 Å². The average molecular weight is 370 g/mol. The van der Waals surface area contributed by atoms with Gasteiger partial charge in [-0.1, -0.05) is 47.1 Å². The van der Waals surface area contributed by atoms with Crippen LogP contribution in [0.2, 0.25) is 5.02 Å². The predicted molar refractivity (Wildman–Crippen MR) is 89.4 cm³/mol. The number of quaternary nitrogens is 1. The molecule has 3 rings (SSSR count). The summed E-state index contributed by atoms with van der Waals surface area (Å²) in [6.07, 6.45) is -3.71. The molecule has 2 aromatic rings. The van der Waals surface area contributed by atoms with Crippen LogP contribution in [0.5, 0.6) is 0 Å². The van der Waals surface area contributed by atoms with Gasteiger partial charge >= 0.3 is 6.18 Å². The first-order valence-electron chi connectivity index (χ1n) is 7.89. The van der Waals surface area contributed by atoms with Crippen molar-refractivity contribution in [1.82, 2.24) is 0 Å². The van der Waals surface area contributed by atoms with Crippen LogP contribution in [0, 0.1) is 0 Å². The minimum absolute atomic E-state index is 0.0688. The molecule has 132 valence electrons. The van der Waals surface area contributed by atoms with Crippen LogP contribution in [0.25, 0.3) is 0 Å². The highest BCUT2D eigenvalue weighted by Crippen LogP contribution is 2.29. The van der Waals surface area contributed by atoms with Gasteiger partial charge in [0.15, 0.2) is 6.10 Å². The highest BCUT2D eigenvalue weighted by molar-refractivity contribution is 6.34. The van der Waals surface area contributed by atoms with Gasteiger partial charge in [-0.3, -0.25) is 0 Å². The summed E-state index contributed by atoms with van der Waals surface area (Å²) in [5.41, 5.74) is 1.89. The third kappa shape index (κ3) is 4.52. The summed E-state index contributed by atoms with van der Waals surface area (Å²) >= 11 is 6.16. The maximum absolute atomic E-state index is 12.5. The van der Waals surface area contributed by atoms with Crippen molar-refractivity contribution in [2.45, 2.75) is 25.2 Å². The van der Waals surface area contributed by atoms with Gasteiger partial charge in [0.05, 0.1) is 11.3 Å². The van der Waals surface area contributed by atoms with E-state index < -0.39 is 11.7 Å². The first-order chi connectivity index (χ1) is 11.9. The minimum atomic E-state index is -4.30. The van der Waals surface area contributed by atoms with E-state index in [0.717, 1.165) is 29.0 Å². The SMILES string of the molecule is FC(F)(F)c1ccc(C[NH2+]C[C@@H]2CC(c3ccccc3Cl)=NO2)cc1. The Kier molecular flexibility index (Phi) is 5.30. The van der Waals surface area contributed by atoms with E-state index in [1.807, 2.05) is 29.6 Å². The van der Waals surface area contributed by atoms with Crippen LogP contribution in [0.3, 0.4) is 0 Å². The molecular weight excluding hydrogens is 353 g/mol. The molecular formula is C18H17ClF3N2O+. The lowest BCUT2D eigenvalue weighted by atomic mass is 10.0. The lowest BCUT2D eigenvalue weighted by Crippen LogP contribution is -2.84. The number of nitrogens with zero attached hydrogens (tertiary/aromatic N) is 1. The van der Waals surface area contributed by atoms with Crippen LogP contribution < -0.4 is 5.32 Å². The molecule has 0 aliphatic carbocycles. The standard InChI is InChI=1S/C18H16ClF3N2O/c19-16-4-2-1-3-15(16)17-9-14(25-24-17)11-23-10-12-5-7-13(8-6-12)18(20,21)22/h1-8,14,23H,9-11H2/p+1/t14-/m0/s1. The van der Waals surface area contributed by atoms with Gasteiger partial charge in [-0.25, -0.2) is 0 Å². The quantitative estimate of drug-likeness (QED) is 0.859. The zero-order chi connectivity index (χ0) is 17.9. The number of hydrogen-bond acceptors (Lipinski definition) is 2.